The van der Waals surface area contributed by atoms with Crippen molar-refractivity contribution in [2.75, 3.05) is 0 Å². The molecule has 0 saturated heterocycles. The SMILES string of the molecule is C[C@H](O)c1ccnn1C. The second-order valence-corrected chi connectivity index (χ2v) is 2.06. The van der Waals surface area contributed by atoms with Crippen LogP contribution in [0, 0.1) is 0 Å². The third kappa shape index (κ3) is 1.10. The van der Waals surface area contributed by atoms with Crippen LogP contribution in [-0.2, 0) is 7.05 Å². The minimum atomic E-state index is -0.419. The van der Waals surface area contributed by atoms with E-state index in [2.05, 4.69) is 5.10 Å². The molecule has 0 radical (unpaired) electrons. The Hall–Kier alpha value is -0.830. The zero-order chi connectivity index (χ0) is 6.85. The Morgan fingerprint density at radius 3 is 2.67 bits per heavy atom. The molecule has 3 nitrogen and oxygen atoms in total. The number of aryl methyl sites for hydroxylation is 1. The molecule has 0 fully saturated rings. The van der Waals surface area contributed by atoms with Crippen LogP contribution in [0.2, 0.25) is 0 Å². The van der Waals surface area contributed by atoms with Crippen molar-refractivity contribution in [3.63, 3.8) is 0 Å². The first-order chi connectivity index (χ1) is 4.22. The fourth-order valence-electron chi connectivity index (χ4n) is 0.794. The van der Waals surface area contributed by atoms with Crippen molar-refractivity contribution in [1.82, 2.24) is 9.78 Å². The standard InChI is InChI=1S/C6H10N2O/c1-5(9)6-3-4-7-8(6)2/h3-5,9H,1-2H3/t5-/m0/s1. The second-order valence-electron chi connectivity index (χ2n) is 2.06. The molecule has 1 heterocycles. The van der Waals surface area contributed by atoms with E-state index in [0.717, 1.165) is 5.69 Å². The fourth-order valence-corrected chi connectivity index (χ4v) is 0.794. The van der Waals surface area contributed by atoms with Crippen LogP contribution in [0.25, 0.3) is 0 Å². The van der Waals surface area contributed by atoms with Gasteiger partial charge in [0.1, 0.15) is 0 Å². The fraction of sp³-hybridized carbons (Fsp3) is 0.500. The van der Waals surface area contributed by atoms with E-state index < -0.39 is 6.10 Å². The maximum atomic E-state index is 9.03. The molecule has 0 aliphatic carbocycles. The second kappa shape index (κ2) is 2.19. The first-order valence-corrected chi connectivity index (χ1v) is 2.88. The summed E-state index contributed by atoms with van der Waals surface area (Å²) in [6, 6.07) is 1.80. The summed E-state index contributed by atoms with van der Waals surface area (Å²) >= 11 is 0. The van der Waals surface area contributed by atoms with Gasteiger partial charge in [0.15, 0.2) is 0 Å². The number of nitrogens with zero attached hydrogens (tertiary/aromatic N) is 2. The highest BCUT2D eigenvalue weighted by molar-refractivity contribution is 5.02. The molecule has 1 N–H and O–H groups in total. The van der Waals surface area contributed by atoms with Crippen molar-refractivity contribution >= 4 is 0 Å². The number of aliphatic hydroxyl groups is 1. The van der Waals surface area contributed by atoms with Crippen LogP contribution >= 0.6 is 0 Å². The van der Waals surface area contributed by atoms with Gasteiger partial charge in [-0.2, -0.15) is 5.10 Å². The van der Waals surface area contributed by atoms with Crippen LogP contribution in [0.5, 0.6) is 0 Å². The highest BCUT2D eigenvalue weighted by Gasteiger charge is 2.02. The molecule has 0 aliphatic rings. The molecule has 0 saturated carbocycles. The van der Waals surface area contributed by atoms with Crippen LogP contribution in [-0.4, -0.2) is 14.9 Å². The van der Waals surface area contributed by atoms with Crippen LogP contribution in [0.4, 0.5) is 0 Å². The van der Waals surface area contributed by atoms with Gasteiger partial charge in [0, 0.05) is 13.2 Å². The molecule has 0 bridgehead atoms. The van der Waals surface area contributed by atoms with E-state index in [1.807, 2.05) is 7.05 Å². The van der Waals surface area contributed by atoms with Gasteiger partial charge in [-0.05, 0) is 13.0 Å². The van der Waals surface area contributed by atoms with E-state index >= 15 is 0 Å². The van der Waals surface area contributed by atoms with E-state index in [1.54, 1.807) is 23.9 Å². The molecule has 0 unspecified atom stereocenters. The summed E-state index contributed by atoms with van der Waals surface area (Å²) in [6.45, 7) is 1.72. The smallest absolute Gasteiger partial charge is 0.0928 e. The lowest BCUT2D eigenvalue weighted by Crippen LogP contribution is -2.00. The monoisotopic (exact) mass is 126 g/mol. The van der Waals surface area contributed by atoms with E-state index in [4.69, 9.17) is 5.11 Å². The zero-order valence-electron chi connectivity index (χ0n) is 5.57. The van der Waals surface area contributed by atoms with Crippen molar-refractivity contribution in [1.29, 1.82) is 0 Å². The van der Waals surface area contributed by atoms with E-state index in [-0.39, 0.29) is 0 Å². The van der Waals surface area contributed by atoms with Gasteiger partial charge in [-0.25, -0.2) is 0 Å². The molecule has 3 heteroatoms. The Bertz CT molecular complexity index is 193. The summed E-state index contributed by atoms with van der Waals surface area (Å²) in [4.78, 5) is 0. The minimum Gasteiger partial charge on any atom is -0.387 e. The third-order valence-corrected chi connectivity index (χ3v) is 1.29. The van der Waals surface area contributed by atoms with Gasteiger partial charge >= 0.3 is 0 Å². The number of hydrogen-bond acceptors (Lipinski definition) is 2. The first-order valence-electron chi connectivity index (χ1n) is 2.88. The van der Waals surface area contributed by atoms with E-state index in [1.165, 1.54) is 0 Å². The molecule has 1 atom stereocenters. The van der Waals surface area contributed by atoms with Gasteiger partial charge < -0.3 is 5.11 Å². The average Bonchev–Trinajstić information content (AvgIpc) is 2.13. The van der Waals surface area contributed by atoms with E-state index in [9.17, 15) is 0 Å². The van der Waals surface area contributed by atoms with Gasteiger partial charge in [-0.1, -0.05) is 0 Å². The van der Waals surface area contributed by atoms with Crippen molar-refractivity contribution in [2.45, 2.75) is 13.0 Å². The molecule has 9 heavy (non-hydrogen) atoms. The Kier molecular flexibility index (Phi) is 1.53. The maximum Gasteiger partial charge on any atom is 0.0928 e. The molecule has 0 aliphatic heterocycles. The van der Waals surface area contributed by atoms with Crippen LogP contribution in [0.1, 0.15) is 18.7 Å². The number of rotatable bonds is 1. The average molecular weight is 126 g/mol. The predicted molar refractivity (Wildman–Crippen MR) is 33.8 cm³/mol. The lowest BCUT2D eigenvalue weighted by atomic mass is 10.3. The summed E-state index contributed by atoms with van der Waals surface area (Å²) in [6.07, 6.45) is 1.25. The molecule has 1 aromatic heterocycles. The summed E-state index contributed by atoms with van der Waals surface area (Å²) < 4.78 is 1.66. The molecule has 50 valence electrons. The highest BCUT2D eigenvalue weighted by Crippen LogP contribution is 2.07. The lowest BCUT2D eigenvalue weighted by Gasteiger charge is -2.02. The van der Waals surface area contributed by atoms with Crippen molar-refractivity contribution < 1.29 is 5.11 Å². The lowest BCUT2D eigenvalue weighted by molar-refractivity contribution is 0.189. The molecule has 0 amide bonds. The number of aliphatic hydroxyl groups excluding tert-OH is 1. The molecule has 0 aromatic carbocycles. The summed E-state index contributed by atoms with van der Waals surface area (Å²) in [5.41, 5.74) is 0.843. The molecule has 1 rings (SSSR count). The molecular formula is C6H10N2O. The Balaban J connectivity index is 2.94. The summed E-state index contributed by atoms with van der Waals surface area (Å²) in [5.74, 6) is 0. The van der Waals surface area contributed by atoms with Gasteiger partial charge in [0.25, 0.3) is 0 Å². The summed E-state index contributed by atoms with van der Waals surface area (Å²) in [7, 11) is 1.81. The van der Waals surface area contributed by atoms with E-state index in [0.29, 0.717) is 0 Å². The first kappa shape index (κ1) is 6.29. The van der Waals surface area contributed by atoms with Crippen LogP contribution < -0.4 is 0 Å². The van der Waals surface area contributed by atoms with Crippen molar-refractivity contribution in [3.8, 4) is 0 Å². The minimum absolute atomic E-state index is 0.419. The third-order valence-electron chi connectivity index (χ3n) is 1.29. The largest absolute Gasteiger partial charge is 0.387 e. The van der Waals surface area contributed by atoms with Crippen LogP contribution in [0.3, 0.4) is 0 Å². The van der Waals surface area contributed by atoms with Gasteiger partial charge in [0.05, 0.1) is 11.8 Å². The van der Waals surface area contributed by atoms with Crippen molar-refractivity contribution in [3.05, 3.63) is 18.0 Å². The zero-order valence-corrected chi connectivity index (χ0v) is 5.57. The van der Waals surface area contributed by atoms with Crippen LogP contribution in [0.15, 0.2) is 12.3 Å². The Labute approximate surface area is 53.9 Å². The number of aromatic nitrogens is 2. The van der Waals surface area contributed by atoms with Crippen molar-refractivity contribution in [2.24, 2.45) is 7.05 Å². The Morgan fingerprint density at radius 2 is 2.44 bits per heavy atom. The van der Waals surface area contributed by atoms with Gasteiger partial charge in [0.2, 0.25) is 0 Å². The highest BCUT2D eigenvalue weighted by atomic mass is 16.3. The summed E-state index contributed by atoms with van der Waals surface area (Å²) in [5, 5.41) is 12.9. The molecule has 0 spiro atoms. The quantitative estimate of drug-likeness (QED) is 0.594. The van der Waals surface area contributed by atoms with Gasteiger partial charge in [-0.3, -0.25) is 4.68 Å². The topological polar surface area (TPSA) is 38.1 Å². The van der Waals surface area contributed by atoms with Gasteiger partial charge in [-0.15, -0.1) is 0 Å². The predicted octanol–water partition coefficient (Wildman–Crippen LogP) is 0.473. The molecular weight excluding hydrogens is 116 g/mol. The Morgan fingerprint density at radius 1 is 1.78 bits per heavy atom. The molecule has 1 aromatic rings. The normalized spacial score (nSPS) is 13.7. The number of hydrogen-bond donors (Lipinski definition) is 1. The maximum absolute atomic E-state index is 9.03.